The van der Waals surface area contributed by atoms with Gasteiger partial charge in [0.1, 0.15) is 0 Å². The number of thioether (sulfide) groups is 1. The number of carbonyl (C=O) groups excluding carboxylic acids is 2. The summed E-state index contributed by atoms with van der Waals surface area (Å²) in [6, 6.07) is 12.6. The van der Waals surface area contributed by atoms with Crippen LogP contribution in [0.2, 0.25) is 5.02 Å². The SMILES string of the molecule is COC(=O)c1ccc(NC(=O)CSCc2cccc(Cl)c2)c(C)c1. The lowest BCUT2D eigenvalue weighted by Gasteiger charge is -2.10. The van der Waals surface area contributed by atoms with Crippen molar-refractivity contribution in [3.05, 3.63) is 64.2 Å². The van der Waals surface area contributed by atoms with E-state index in [1.54, 1.807) is 18.2 Å². The van der Waals surface area contributed by atoms with E-state index in [0.717, 1.165) is 11.1 Å². The molecule has 0 aliphatic carbocycles. The minimum Gasteiger partial charge on any atom is -0.465 e. The van der Waals surface area contributed by atoms with Crippen LogP contribution in [0.15, 0.2) is 42.5 Å². The van der Waals surface area contributed by atoms with Crippen LogP contribution in [-0.4, -0.2) is 24.7 Å². The summed E-state index contributed by atoms with van der Waals surface area (Å²) in [4.78, 5) is 23.5. The zero-order valence-corrected chi connectivity index (χ0v) is 15.0. The Bertz CT molecular complexity index is 749. The number of hydrogen-bond donors (Lipinski definition) is 1. The van der Waals surface area contributed by atoms with Gasteiger partial charge in [-0.1, -0.05) is 23.7 Å². The average molecular weight is 364 g/mol. The van der Waals surface area contributed by atoms with Crippen molar-refractivity contribution < 1.29 is 14.3 Å². The molecule has 0 radical (unpaired) electrons. The van der Waals surface area contributed by atoms with Gasteiger partial charge in [0, 0.05) is 16.5 Å². The average Bonchev–Trinajstić information content (AvgIpc) is 2.56. The second kappa shape index (κ2) is 8.76. The van der Waals surface area contributed by atoms with Gasteiger partial charge in [0.2, 0.25) is 5.91 Å². The normalized spacial score (nSPS) is 10.3. The zero-order valence-electron chi connectivity index (χ0n) is 13.5. The van der Waals surface area contributed by atoms with E-state index in [1.807, 2.05) is 31.2 Å². The molecule has 4 nitrogen and oxygen atoms in total. The number of ether oxygens (including phenoxy) is 1. The highest BCUT2D eigenvalue weighted by Gasteiger charge is 2.10. The Morgan fingerprint density at radius 1 is 1.21 bits per heavy atom. The lowest BCUT2D eigenvalue weighted by molar-refractivity contribution is -0.113. The Balaban J connectivity index is 1.87. The summed E-state index contributed by atoms with van der Waals surface area (Å²) in [5.41, 5.74) is 3.05. The van der Waals surface area contributed by atoms with E-state index in [-0.39, 0.29) is 5.91 Å². The number of halogens is 1. The minimum absolute atomic E-state index is 0.0871. The lowest BCUT2D eigenvalue weighted by atomic mass is 10.1. The molecule has 2 aromatic rings. The van der Waals surface area contributed by atoms with Crippen molar-refractivity contribution in [3.8, 4) is 0 Å². The van der Waals surface area contributed by atoms with E-state index in [1.165, 1.54) is 18.9 Å². The first kappa shape index (κ1) is 18.4. The maximum Gasteiger partial charge on any atom is 0.337 e. The minimum atomic E-state index is -0.395. The van der Waals surface area contributed by atoms with Crippen LogP contribution in [-0.2, 0) is 15.3 Å². The second-order valence-electron chi connectivity index (χ2n) is 5.19. The van der Waals surface area contributed by atoms with Crippen LogP contribution in [0.25, 0.3) is 0 Å². The smallest absolute Gasteiger partial charge is 0.337 e. The number of amides is 1. The van der Waals surface area contributed by atoms with Crippen LogP contribution in [0.5, 0.6) is 0 Å². The quantitative estimate of drug-likeness (QED) is 0.777. The number of hydrogen-bond acceptors (Lipinski definition) is 4. The Morgan fingerprint density at radius 3 is 2.67 bits per heavy atom. The molecule has 126 valence electrons. The molecule has 0 saturated heterocycles. The van der Waals surface area contributed by atoms with Crippen LogP contribution < -0.4 is 5.32 Å². The van der Waals surface area contributed by atoms with Crippen molar-refractivity contribution >= 4 is 40.9 Å². The van der Waals surface area contributed by atoms with Gasteiger partial charge < -0.3 is 10.1 Å². The molecule has 0 atom stereocenters. The highest BCUT2D eigenvalue weighted by atomic mass is 35.5. The molecule has 0 spiro atoms. The van der Waals surface area contributed by atoms with Gasteiger partial charge in [-0.25, -0.2) is 4.79 Å². The third-order valence-corrected chi connectivity index (χ3v) is 4.55. The van der Waals surface area contributed by atoms with Gasteiger partial charge >= 0.3 is 5.97 Å². The molecule has 0 aromatic heterocycles. The Morgan fingerprint density at radius 2 is 2.00 bits per heavy atom. The summed E-state index contributed by atoms with van der Waals surface area (Å²) in [5, 5.41) is 3.55. The molecule has 24 heavy (non-hydrogen) atoms. The highest BCUT2D eigenvalue weighted by Crippen LogP contribution is 2.19. The molecule has 0 fully saturated rings. The van der Waals surface area contributed by atoms with Gasteiger partial charge in [0.15, 0.2) is 0 Å². The largest absolute Gasteiger partial charge is 0.465 e. The van der Waals surface area contributed by atoms with Gasteiger partial charge in [0.05, 0.1) is 18.4 Å². The van der Waals surface area contributed by atoms with Gasteiger partial charge in [-0.05, 0) is 48.4 Å². The Hall–Kier alpha value is -1.98. The summed E-state index contributed by atoms with van der Waals surface area (Å²) < 4.78 is 4.68. The van der Waals surface area contributed by atoms with Crippen LogP contribution in [0.1, 0.15) is 21.5 Å². The van der Waals surface area contributed by atoms with Crippen molar-refractivity contribution in [1.29, 1.82) is 0 Å². The summed E-state index contributed by atoms with van der Waals surface area (Å²) in [5.74, 6) is 0.572. The van der Waals surface area contributed by atoms with Crippen molar-refractivity contribution in [2.45, 2.75) is 12.7 Å². The van der Waals surface area contributed by atoms with Gasteiger partial charge in [-0.3, -0.25) is 4.79 Å². The first-order valence-corrected chi connectivity index (χ1v) is 8.84. The monoisotopic (exact) mass is 363 g/mol. The number of rotatable bonds is 6. The summed E-state index contributed by atoms with van der Waals surface area (Å²) in [6.45, 7) is 1.83. The van der Waals surface area contributed by atoms with Crippen LogP contribution in [0.3, 0.4) is 0 Å². The fourth-order valence-corrected chi connectivity index (χ4v) is 3.11. The van der Waals surface area contributed by atoms with Crippen molar-refractivity contribution in [2.75, 3.05) is 18.2 Å². The number of nitrogens with one attached hydrogen (secondary N) is 1. The first-order chi connectivity index (χ1) is 11.5. The predicted molar refractivity (Wildman–Crippen MR) is 98.8 cm³/mol. The number of methoxy groups -OCH3 is 1. The summed E-state index contributed by atoms with van der Waals surface area (Å²) in [7, 11) is 1.34. The van der Waals surface area contributed by atoms with Crippen LogP contribution in [0.4, 0.5) is 5.69 Å². The van der Waals surface area contributed by atoms with E-state index >= 15 is 0 Å². The van der Waals surface area contributed by atoms with Crippen molar-refractivity contribution in [1.82, 2.24) is 0 Å². The van der Waals surface area contributed by atoms with E-state index in [2.05, 4.69) is 10.1 Å². The third kappa shape index (κ3) is 5.28. The standard InChI is InChI=1S/C18H18ClNO3S/c1-12-8-14(18(22)23-2)6-7-16(12)20-17(21)11-24-10-13-4-3-5-15(19)9-13/h3-9H,10-11H2,1-2H3,(H,20,21). The Kier molecular flexibility index (Phi) is 6.70. The zero-order chi connectivity index (χ0) is 17.5. The molecule has 0 aliphatic heterocycles. The lowest BCUT2D eigenvalue weighted by Crippen LogP contribution is -2.15. The van der Waals surface area contributed by atoms with Crippen molar-refractivity contribution in [3.63, 3.8) is 0 Å². The highest BCUT2D eigenvalue weighted by molar-refractivity contribution is 7.99. The molecule has 2 rings (SSSR count). The maximum absolute atomic E-state index is 12.0. The molecular formula is C18H18ClNO3S. The first-order valence-electron chi connectivity index (χ1n) is 7.30. The molecule has 2 aromatic carbocycles. The molecule has 0 heterocycles. The number of carbonyl (C=O) groups is 2. The summed E-state index contributed by atoms with van der Waals surface area (Å²) in [6.07, 6.45) is 0. The van der Waals surface area contributed by atoms with E-state index in [0.29, 0.717) is 27.8 Å². The van der Waals surface area contributed by atoms with E-state index in [4.69, 9.17) is 11.6 Å². The molecular weight excluding hydrogens is 346 g/mol. The number of benzene rings is 2. The van der Waals surface area contributed by atoms with Crippen LogP contribution >= 0.6 is 23.4 Å². The van der Waals surface area contributed by atoms with E-state index in [9.17, 15) is 9.59 Å². The molecule has 0 bridgehead atoms. The molecule has 0 aliphatic rings. The molecule has 0 saturated carbocycles. The predicted octanol–water partition coefficient (Wildman–Crippen LogP) is 4.31. The third-order valence-electron chi connectivity index (χ3n) is 3.31. The fourth-order valence-electron chi connectivity index (χ4n) is 2.12. The molecule has 0 unspecified atom stereocenters. The second-order valence-corrected chi connectivity index (χ2v) is 6.61. The van der Waals surface area contributed by atoms with Crippen molar-refractivity contribution in [2.24, 2.45) is 0 Å². The van der Waals surface area contributed by atoms with Gasteiger partial charge in [0.25, 0.3) is 0 Å². The molecule has 6 heteroatoms. The fraction of sp³-hybridized carbons (Fsp3) is 0.222. The van der Waals surface area contributed by atoms with Crippen LogP contribution in [0, 0.1) is 6.92 Å². The summed E-state index contributed by atoms with van der Waals surface area (Å²) >= 11 is 7.45. The van der Waals surface area contributed by atoms with Gasteiger partial charge in [-0.15, -0.1) is 11.8 Å². The number of aryl methyl sites for hydroxylation is 1. The molecule has 1 N–H and O–H groups in total. The number of anilines is 1. The number of esters is 1. The van der Waals surface area contributed by atoms with E-state index < -0.39 is 5.97 Å². The topological polar surface area (TPSA) is 55.4 Å². The van der Waals surface area contributed by atoms with Gasteiger partial charge in [-0.2, -0.15) is 0 Å². The Labute approximate surface area is 150 Å². The molecule has 1 amide bonds. The maximum atomic E-state index is 12.0.